The molecule has 0 aliphatic rings. The summed E-state index contributed by atoms with van der Waals surface area (Å²) < 4.78 is 30.0. The van der Waals surface area contributed by atoms with E-state index in [1.165, 1.54) is 0 Å². The summed E-state index contributed by atoms with van der Waals surface area (Å²) in [6.07, 6.45) is 3.33. The van der Waals surface area contributed by atoms with Gasteiger partial charge in [-0.3, -0.25) is 4.57 Å². The van der Waals surface area contributed by atoms with Crippen LogP contribution in [0.4, 0.5) is 4.20 Å². The first kappa shape index (κ1) is 17.1. The van der Waals surface area contributed by atoms with E-state index in [0.29, 0.717) is 26.2 Å². The summed E-state index contributed by atoms with van der Waals surface area (Å²) in [6.45, 7) is 10.3. The molecule has 0 spiro atoms. The maximum Gasteiger partial charge on any atom is 0.382 e. The lowest BCUT2D eigenvalue weighted by molar-refractivity contribution is 0.296. The van der Waals surface area contributed by atoms with Gasteiger partial charge in [0.05, 0.1) is 0 Å². The molecular formula is C12H28FN2OP. The minimum Gasteiger partial charge on any atom is -0.250 e. The van der Waals surface area contributed by atoms with Gasteiger partial charge in [0.15, 0.2) is 0 Å². The fraction of sp³-hybridized carbons (Fsp3) is 1.00. The molecular weight excluding hydrogens is 238 g/mol. The molecule has 0 aliphatic carbocycles. The number of rotatable bonds is 10. The summed E-state index contributed by atoms with van der Waals surface area (Å²) in [7, 11) is -3.81. The van der Waals surface area contributed by atoms with Crippen molar-refractivity contribution in [2.45, 2.75) is 53.4 Å². The molecule has 3 nitrogen and oxygen atoms in total. The van der Waals surface area contributed by atoms with Crippen LogP contribution in [0.5, 0.6) is 0 Å². The molecule has 0 atom stereocenters. The zero-order valence-corrected chi connectivity index (χ0v) is 12.7. The van der Waals surface area contributed by atoms with Crippen LogP contribution in [0, 0.1) is 0 Å². The Morgan fingerprint density at radius 2 is 1.00 bits per heavy atom. The number of halogens is 1. The van der Waals surface area contributed by atoms with E-state index in [1.807, 2.05) is 27.7 Å². The third-order valence-corrected chi connectivity index (χ3v) is 4.82. The fourth-order valence-electron chi connectivity index (χ4n) is 1.93. The first-order valence-electron chi connectivity index (χ1n) is 6.84. The lowest BCUT2D eigenvalue weighted by atomic mass is 10.4. The lowest BCUT2D eigenvalue weighted by Crippen LogP contribution is -2.32. The van der Waals surface area contributed by atoms with Crippen molar-refractivity contribution in [1.82, 2.24) is 9.34 Å². The van der Waals surface area contributed by atoms with E-state index in [-0.39, 0.29) is 0 Å². The van der Waals surface area contributed by atoms with Crippen LogP contribution < -0.4 is 0 Å². The van der Waals surface area contributed by atoms with Gasteiger partial charge in [-0.05, 0) is 25.7 Å². The molecule has 5 heteroatoms. The summed E-state index contributed by atoms with van der Waals surface area (Å²) in [6, 6.07) is 0. The maximum atomic E-state index is 14.6. The van der Waals surface area contributed by atoms with Crippen LogP contribution in [0.25, 0.3) is 0 Å². The predicted molar refractivity (Wildman–Crippen MR) is 73.0 cm³/mol. The molecule has 0 aromatic rings. The zero-order chi connectivity index (χ0) is 13.3. The van der Waals surface area contributed by atoms with Crippen molar-refractivity contribution in [3.05, 3.63) is 0 Å². The van der Waals surface area contributed by atoms with E-state index >= 15 is 0 Å². The third-order valence-electron chi connectivity index (χ3n) is 2.62. The Kier molecular flexibility index (Phi) is 9.11. The molecule has 0 aromatic carbocycles. The number of nitrogens with zero attached hydrogens (tertiary/aromatic N) is 2. The second kappa shape index (κ2) is 9.07. The lowest BCUT2D eigenvalue weighted by Gasteiger charge is -2.33. The first-order valence-corrected chi connectivity index (χ1v) is 8.35. The van der Waals surface area contributed by atoms with Gasteiger partial charge in [0.25, 0.3) is 0 Å². The van der Waals surface area contributed by atoms with E-state index in [1.54, 1.807) is 9.34 Å². The van der Waals surface area contributed by atoms with E-state index in [9.17, 15) is 8.76 Å². The van der Waals surface area contributed by atoms with E-state index in [4.69, 9.17) is 0 Å². The van der Waals surface area contributed by atoms with Gasteiger partial charge < -0.3 is 0 Å². The highest BCUT2D eigenvalue weighted by molar-refractivity contribution is 7.53. The Morgan fingerprint density at radius 3 is 1.18 bits per heavy atom. The van der Waals surface area contributed by atoms with Gasteiger partial charge in [-0.1, -0.05) is 27.7 Å². The van der Waals surface area contributed by atoms with Crippen molar-refractivity contribution in [1.29, 1.82) is 0 Å². The van der Waals surface area contributed by atoms with Gasteiger partial charge in [0.1, 0.15) is 0 Å². The van der Waals surface area contributed by atoms with Crippen LogP contribution in [0.15, 0.2) is 0 Å². The molecule has 0 rings (SSSR count). The summed E-state index contributed by atoms with van der Waals surface area (Å²) in [5.41, 5.74) is 0. The fourth-order valence-corrected chi connectivity index (χ4v) is 4.07. The van der Waals surface area contributed by atoms with Crippen molar-refractivity contribution >= 4 is 7.75 Å². The van der Waals surface area contributed by atoms with Gasteiger partial charge >= 0.3 is 7.75 Å². The highest BCUT2D eigenvalue weighted by atomic mass is 31.2. The summed E-state index contributed by atoms with van der Waals surface area (Å²) in [5.74, 6) is 0. The van der Waals surface area contributed by atoms with E-state index < -0.39 is 7.75 Å². The second-order valence-electron chi connectivity index (χ2n) is 4.38. The normalized spacial score (nSPS) is 12.6. The Hall–Kier alpha value is 0.0800. The van der Waals surface area contributed by atoms with Crippen molar-refractivity contribution in [3.8, 4) is 0 Å². The standard InChI is InChI=1S/C12H28FN2OP/c1-5-9-14(10-6-2)17(13,16)15(11-7-3)12-8-4/h5-12H2,1-4H3. The zero-order valence-electron chi connectivity index (χ0n) is 11.8. The number of hydrogen-bond donors (Lipinski definition) is 0. The SMILES string of the molecule is CCCN(CCC)P(=O)(F)N(CCC)CCC. The molecule has 0 heterocycles. The summed E-state index contributed by atoms with van der Waals surface area (Å²) in [4.78, 5) is 0. The van der Waals surface area contributed by atoms with Gasteiger partial charge in [0.2, 0.25) is 0 Å². The van der Waals surface area contributed by atoms with Crippen molar-refractivity contribution in [2.24, 2.45) is 0 Å². The molecule has 0 aromatic heterocycles. The van der Waals surface area contributed by atoms with Crippen LogP contribution >= 0.6 is 7.75 Å². The topological polar surface area (TPSA) is 23.6 Å². The molecule has 0 unspecified atom stereocenters. The Bertz CT molecular complexity index is 207. The average Bonchev–Trinajstić information content (AvgIpc) is 2.28. The quantitative estimate of drug-likeness (QED) is 0.550. The van der Waals surface area contributed by atoms with Crippen LogP contribution in [0.3, 0.4) is 0 Å². The van der Waals surface area contributed by atoms with Crippen LogP contribution in [-0.4, -0.2) is 35.5 Å². The van der Waals surface area contributed by atoms with Gasteiger partial charge in [-0.15, -0.1) is 0 Å². The van der Waals surface area contributed by atoms with Crippen LogP contribution in [0.2, 0.25) is 0 Å². The third kappa shape index (κ3) is 5.50. The number of hydrogen-bond acceptors (Lipinski definition) is 1. The van der Waals surface area contributed by atoms with E-state index in [2.05, 4.69) is 0 Å². The molecule has 104 valence electrons. The van der Waals surface area contributed by atoms with Crippen LogP contribution in [0.1, 0.15) is 53.4 Å². The van der Waals surface area contributed by atoms with Gasteiger partial charge in [-0.25, -0.2) is 9.34 Å². The molecule has 0 aliphatic heterocycles. The monoisotopic (exact) mass is 266 g/mol. The largest absolute Gasteiger partial charge is 0.382 e. The molecule has 0 saturated heterocycles. The highest BCUT2D eigenvalue weighted by Gasteiger charge is 2.35. The average molecular weight is 266 g/mol. The summed E-state index contributed by atoms with van der Waals surface area (Å²) in [5, 5.41) is 0. The molecule has 0 fully saturated rings. The molecule has 0 N–H and O–H groups in total. The summed E-state index contributed by atoms with van der Waals surface area (Å²) >= 11 is 0. The predicted octanol–water partition coefficient (Wildman–Crippen LogP) is 4.31. The molecule has 0 saturated carbocycles. The van der Waals surface area contributed by atoms with Gasteiger partial charge in [-0.2, -0.15) is 4.20 Å². The minimum atomic E-state index is -3.81. The van der Waals surface area contributed by atoms with Crippen LogP contribution in [-0.2, 0) is 4.57 Å². The highest BCUT2D eigenvalue weighted by Crippen LogP contribution is 2.55. The Morgan fingerprint density at radius 1 is 0.765 bits per heavy atom. The molecule has 17 heavy (non-hydrogen) atoms. The van der Waals surface area contributed by atoms with Crippen molar-refractivity contribution < 1.29 is 8.76 Å². The minimum absolute atomic E-state index is 0.575. The maximum absolute atomic E-state index is 14.6. The first-order chi connectivity index (χ1) is 8.04. The Balaban J connectivity index is 4.78. The van der Waals surface area contributed by atoms with Crippen molar-refractivity contribution in [3.63, 3.8) is 0 Å². The van der Waals surface area contributed by atoms with Gasteiger partial charge in [0, 0.05) is 26.2 Å². The Labute approximate surface area is 106 Å². The molecule has 0 amide bonds. The molecule has 0 radical (unpaired) electrons. The van der Waals surface area contributed by atoms with E-state index in [0.717, 1.165) is 25.7 Å². The smallest absolute Gasteiger partial charge is 0.250 e. The molecule has 0 bridgehead atoms. The van der Waals surface area contributed by atoms with Crippen molar-refractivity contribution in [2.75, 3.05) is 26.2 Å². The second-order valence-corrected chi connectivity index (χ2v) is 6.46.